The number of anilines is 1. The van der Waals surface area contributed by atoms with Crippen molar-refractivity contribution >= 4 is 35.4 Å². The third-order valence-corrected chi connectivity index (χ3v) is 7.49. The second kappa shape index (κ2) is 24.8. The van der Waals surface area contributed by atoms with Crippen LogP contribution in [0.2, 0.25) is 0 Å². The van der Waals surface area contributed by atoms with E-state index in [2.05, 4.69) is 78.3 Å². The lowest BCUT2D eigenvalue weighted by atomic mass is 10.2. The number of nitrogens with one attached hydrogen (secondary N) is 2. The van der Waals surface area contributed by atoms with Crippen molar-refractivity contribution in [2.75, 3.05) is 24.2 Å². The summed E-state index contributed by atoms with van der Waals surface area (Å²) in [5.74, 6) is -0.895. The number of hydrogen-bond acceptors (Lipinski definition) is 6. The summed E-state index contributed by atoms with van der Waals surface area (Å²) in [5, 5.41) is 23.6. The minimum atomic E-state index is -1.31. The summed E-state index contributed by atoms with van der Waals surface area (Å²) < 4.78 is 5.04. The highest BCUT2D eigenvalue weighted by atomic mass is 32.2. The predicted molar refractivity (Wildman–Crippen MR) is 178 cm³/mol. The number of aromatic hydroxyl groups is 1. The van der Waals surface area contributed by atoms with Gasteiger partial charge in [-0.15, -0.1) is 11.8 Å². The van der Waals surface area contributed by atoms with Crippen molar-refractivity contribution in [3.8, 4) is 5.75 Å². The lowest BCUT2D eigenvalue weighted by Gasteiger charge is -2.15. The number of hydrogen-bond donors (Lipinski definition) is 4. The molecule has 0 bridgehead atoms. The molecule has 0 fully saturated rings. The molecule has 0 aliphatic carbocycles. The summed E-state index contributed by atoms with van der Waals surface area (Å²) in [5.41, 5.74) is -0.157. The molecule has 8 nitrogen and oxygen atoms in total. The maximum Gasteiger partial charge on any atom is 0.411 e. The zero-order chi connectivity index (χ0) is 31.5. The van der Waals surface area contributed by atoms with Crippen molar-refractivity contribution in [2.45, 2.75) is 76.9 Å². The molecule has 1 aromatic carbocycles. The van der Waals surface area contributed by atoms with Gasteiger partial charge in [0.15, 0.2) is 0 Å². The van der Waals surface area contributed by atoms with Gasteiger partial charge in [0.25, 0.3) is 0 Å². The van der Waals surface area contributed by atoms with Crippen LogP contribution in [0.15, 0.2) is 79.0 Å². The average Bonchev–Trinajstić information content (AvgIpc) is 2.99. The molecule has 1 unspecified atom stereocenters. The molecule has 0 aliphatic rings. The molecule has 4 N–H and O–H groups in total. The highest BCUT2D eigenvalue weighted by molar-refractivity contribution is 8.00. The van der Waals surface area contributed by atoms with Gasteiger partial charge in [0.2, 0.25) is 5.91 Å². The van der Waals surface area contributed by atoms with Gasteiger partial charge in [-0.05, 0) is 81.7 Å². The second-order valence-electron chi connectivity index (χ2n) is 9.56. The van der Waals surface area contributed by atoms with Crippen LogP contribution in [0.25, 0.3) is 0 Å². The fourth-order valence-corrected chi connectivity index (χ4v) is 4.83. The van der Waals surface area contributed by atoms with E-state index in [0.717, 1.165) is 63.2 Å². The quantitative estimate of drug-likeness (QED) is 0.0591. The van der Waals surface area contributed by atoms with Crippen molar-refractivity contribution in [3.05, 3.63) is 84.5 Å². The Morgan fingerprint density at radius 2 is 1.49 bits per heavy atom. The van der Waals surface area contributed by atoms with Gasteiger partial charge < -0.3 is 20.3 Å². The smallest absolute Gasteiger partial charge is 0.411 e. The van der Waals surface area contributed by atoms with E-state index in [0.29, 0.717) is 6.42 Å². The number of benzene rings is 1. The number of allylic oxidation sites excluding steroid dienone is 10. The third kappa shape index (κ3) is 19.2. The van der Waals surface area contributed by atoms with E-state index in [9.17, 15) is 19.5 Å². The molecule has 1 rings (SSSR count). The van der Waals surface area contributed by atoms with E-state index in [1.165, 1.54) is 12.1 Å². The molecule has 236 valence electrons. The Morgan fingerprint density at radius 1 is 0.884 bits per heavy atom. The van der Waals surface area contributed by atoms with E-state index in [-0.39, 0.29) is 35.6 Å². The Hall–Kier alpha value is -3.72. The number of aromatic carboxylic acids is 1. The van der Waals surface area contributed by atoms with Gasteiger partial charge in [-0.2, -0.15) is 0 Å². The van der Waals surface area contributed by atoms with Gasteiger partial charge in [0.1, 0.15) is 17.9 Å². The normalized spacial score (nSPS) is 12.6. The molecule has 0 aliphatic heterocycles. The molecule has 1 aromatic rings. The molecule has 1 atom stereocenters. The SMILES string of the molecule is CCC=CCC=CCC=CCC=CCC=CCCCCSC(CC)C(=O)NCCOC(=O)Nc1ccc(O)c(C(=O)O)c1. The summed E-state index contributed by atoms with van der Waals surface area (Å²) in [4.78, 5) is 35.5. The van der Waals surface area contributed by atoms with E-state index in [1.54, 1.807) is 11.8 Å². The van der Waals surface area contributed by atoms with Crippen molar-refractivity contribution in [2.24, 2.45) is 0 Å². The number of carbonyl (C=O) groups is 3. The van der Waals surface area contributed by atoms with E-state index in [1.807, 2.05) is 6.92 Å². The van der Waals surface area contributed by atoms with Crippen LogP contribution < -0.4 is 10.6 Å². The van der Waals surface area contributed by atoms with Gasteiger partial charge in [-0.25, -0.2) is 9.59 Å². The number of ether oxygens (including phenoxy) is 1. The number of carbonyl (C=O) groups excluding carboxylic acids is 2. The minimum absolute atomic E-state index is 0.0320. The van der Waals surface area contributed by atoms with Crippen LogP contribution in [0.1, 0.15) is 82.0 Å². The van der Waals surface area contributed by atoms with Crippen LogP contribution in [-0.4, -0.2) is 52.3 Å². The first-order valence-corrected chi connectivity index (χ1v) is 16.1. The highest BCUT2D eigenvalue weighted by Gasteiger charge is 2.16. The lowest BCUT2D eigenvalue weighted by Crippen LogP contribution is -2.35. The fraction of sp³-hybridized carbons (Fsp3) is 0.441. The molecule has 0 saturated carbocycles. The molecule has 0 heterocycles. The lowest BCUT2D eigenvalue weighted by molar-refractivity contribution is -0.120. The Morgan fingerprint density at radius 3 is 2.07 bits per heavy atom. The first-order chi connectivity index (χ1) is 20.9. The summed E-state index contributed by atoms with van der Waals surface area (Å²) in [7, 11) is 0. The largest absolute Gasteiger partial charge is 0.507 e. The topological polar surface area (TPSA) is 125 Å². The van der Waals surface area contributed by atoms with Crippen molar-refractivity contribution in [1.29, 1.82) is 0 Å². The van der Waals surface area contributed by atoms with Crippen LogP contribution in [0, 0.1) is 0 Å². The summed E-state index contributed by atoms with van der Waals surface area (Å²) in [6.45, 7) is 4.25. The van der Waals surface area contributed by atoms with Crippen LogP contribution in [0.5, 0.6) is 5.75 Å². The number of thioether (sulfide) groups is 1. The first-order valence-electron chi connectivity index (χ1n) is 15.0. The molecule has 0 spiro atoms. The molecule has 0 aromatic heterocycles. The average molecular weight is 613 g/mol. The number of carboxylic acid groups (broad SMARTS) is 1. The Bertz CT molecular complexity index is 1110. The predicted octanol–water partition coefficient (Wildman–Crippen LogP) is 8.19. The maximum atomic E-state index is 12.5. The minimum Gasteiger partial charge on any atom is -0.507 e. The van der Waals surface area contributed by atoms with Crippen LogP contribution in [-0.2, 0) is 9.53 Å². The molecular formula is C34H48N2O6S. The Kier molecular flexibility index (Phi) is 21.5. The molecule has 9 heteroatoms. The molecule has 0 radical (unpaired) electrons. The highest BCUT2D eigenvalue weighted by Crippen LogP contribution is 2.21. The van der Waals surface area contributed by atoms with Gasteiger partial charge in [0, 0.05) is 5.69 Å². The third-order valence-electron chi connectivity index (χ3n) is 6.01. The number of rotatable bonds is 22. The monoisotopic (exact) mass is 612 g/mol. The van der Waals surface area contributed by atoms with Crippen molar-refractivity contribution in [1.82, 2.24) is 5.32 Å². The number of carboxylic acids is 1. The number of phenols is 1. The van der Waals surface area contributed by atoms with Crippen LogP contribution in [0.3, 0.4) is 0 Å². The van der Waals surface area contributed by atoms with Gasteiger partial charge >= 0.3 is 12.1 Å². The zero-order valence-corrected chi connectivity index (χ0v) is 26.3. The number of unbranched alkanes of at least 4 members (excludes halogenated alkanes) is 2. The summed E-state index contributed by atoms with van der Waals surface area (Å²) in [6, 6.07) is 3.66. The van der Waals surface area contributed by atoms with Gasteiger partial charge in [0.05, 0.1) is 11.8 Å². The van der Waals surface area contributed by atoms with E-state index in [4.69, 9.17) is 9.84 Å². The molecule has 43 heavy (non-hydrogen) atoms. The maximum absolute atomic E-state index is 12.5. The van der Waals surface area contributed by atoms with E-state index < -0.39 is 17.8 Å². The summed E-state index contributed by atoms with van der Waals surface area (Å²) >= 11 is 1.64. The summed E-state index contributed by atoms with van der Waals surface area (Å²) in [6.07, 6.45) is 30.0. The Balaban J connectivity index is 2.10. The standard InChI is InChI=1S/C34H48N2O6S/c1-3-5-6-7-8-9-10-11-12-13-14-15-16-17-18-19-20-21-26-43-31(4-2)32(38)35-24-25-42-34(41)36-28-22-23-30(37)29(27-28)33(39)40/h5-6,8-9,11-12,14-15,17-18,22-23,27,31,37H,3-4,7,10,13,16,19-21,24-26H2,1-2H3,(H,35,38)(H,36,41)(H,39,40). The first kappa shape index (κ1) is 37.3. The van der Waals surface area contributed by atoms with Crippen molar-refractivity contribution < 1.29 is 29.3 Å². The molecular weight excluding hydrogens is 564 g/mol. The molecule has 0 saturated heterocycles. The van der Waals surface area contributed by atoms with E-state index >= 15 is 0 Å². The van der Waals surface area contributed by atoms with Crippen LogP contribution in [0.4, 0.5) is 10.5 Å². The fourth-order valence-electron chi connectivity index (χ4n) is 3.71. The molecule has 2 amide bonds. The van der Waals surface area contributed by atoms with Crippen LogP contribution >= 0.6 is 11.8 Å². The second-order valence-corrected chi connectivity index (χ2v) is 10.9. The van der Waals surface area contributed by atoms with Gasteiger partial charge in [-0.3, -0.25) is 10.1 Å². The zero-order valence-electron chi connectivity index (χ0n) is 25.5. The van der Waals surface area contributed by atoms with Gasteiger partial charge in [-0.1, -0.05) is 74.6 Å². The number of amides is 2. The Labute approximate surface area is 261 Å². The van der Waals surface area contributed by atoms with Crippen molar-refractivity contribution in [3.63, 3.8) is 0 Å².